The maximum atomic E-state index is 4.56. The van der Waals surface area contributed by atoms with Gasteiger partial charge >= 0.3 is 0 Å². The molecule has 0 atom stereocenters. The van der Waals surface area contributed by atoms with Crippen LogP contribution in [-0.2, 0) is 0 Å². The smallest absolute Gasteiger partial charge is 0.134 e. The normalized spacial score (nSPS) is 15.6. The second-order valence-corrected chi connectivity index (χ2v) is 5.09. The van der Waals surface area contributed by atoms with Crippen LogP contribution in [-0.4, -0.2) is 43.2 Å². The van der Waals surface area contributed by atoms with Crippen molar-refractivity contribution in [2.24, 2.45) is 0 Å². The maximum Gasteiger partial charge on any atom is 0.134 e. The Labute approximate surface area is 115 Å². The summed E-state index contributed by atoms with van der Waals surface area (Å²) in [4.78, 5) is 11.4. The maximum absolute atomic E-state index is 4.56. The molecule has 5 heteroatoms. The molecule has 1 aromatic rings. The van der Waals surface area contributed by atoms with Gasteiger partial charge in [0.1, 0.15) is 17.5 Å². The Morgan fingerprint density at radius 2 is 1.95 bits per heavy atom. The van der Waals surface area contributed by atoms with Crippen molar-refractivity contribution in [2.75, 3.05) is 43.4 Å². The molecule has 19 heavy (non-hydrogen) atoms. The van der Waals surface area contributed by atoms with E-state index >= 15 is 0 Å². The highest BCUT2D eigenvalue weighted by Crippen LogP contribution is 2.20. The molecule has 0 aliphatic carbocycles. The van der Waals surface area contributed by atoms with E-state index < -0.39 is 0 Å². The topological polar surface area (TPSA) is 53.1 Å². The predicted molar refractivity (Wildman–Crippen MR) is 79.9 cm³/mol. The molecule has 106 valence electrons. The van der Waals surface area contributed by atoms with Crippen LogP contribution in [0.5, 0.6) is 0 Å². The minimum absolute atomic E-state index is 0.846. The fraction of sp³-hybridized carbons (Fsp3) is 0.714. The average Bonchev–Trinajstić information content (AvgIpc) is 2.44. The van der Waals surface area contributed by atoms with E-state index in [2.05, 4.69) is 31.6 Å². The van der Waals surface area contributed by atoms with E-state index in [0.717, 1.165) is 50.1 Å². The number of hydrogen-bond acceptors (Lipinski definition) is 5. The Morgan fingerprint density at radius 3 is 2.68 bits per heavy atom. The van der Waals surface area contributed by atoms with Gasteiger partial charge in [-0.15, -0.1) is 0 Å². The standard InChI is InChI=1S/C14H25N5/c1-12-17-13(16-8-6-7-15-2)11-14(18-12)19-9-4-3-5-10-19/h11,15H,3-10H2,1-2H3,(H,16,17,18). The zero-order valence-corrected chi connectivity index (χ0v) is 12.1. The van der Waals surface area contributed by atoms with Crippen LogP contribution in [0.15, 0.2) is 6.07 Å². The Morgan fingerprint density at radius 1 is 1.16 bits per heavy atom. The van der Waals surface area contributed by atoms with Crippen molar-refractivity contribution < 1.29 is 0 Å². The summed E-state index contributed by atoms with van der Waals surface area (Å²) in [6.07, 6.45) is 4.98. The van der Waals surface area contributed by atoms with Gasteiger partial charge in [0.05, 0.1) is 0 Å². The van der Waals surface area contributed by atoms with E-state index in [1.807, 2.05) is 14.0 Å². The molecule has 5 nitrogen and oxygen atoms in total. The molecule has 0 spiro atoms. The second-order valence-electron chi connectivity index (χ2n) is 5.09. The molecule has 0 radical (unpaired) electrons. The Balaban J connectivity index is 1.97. The van der Waals surface area contributed by atoms with Gasteiger partial charge in [-0.3, -0.25) is 0 Å². The Bertz CT molecular complexity index is 387. The van der Waals surface area contributed by atoms with Gasteiger partial charge < -0.3 is 15.5 Å². The fourth-order valence-corrected chi connectivity index (χ4v) is 2.41. The molecule has 1 fully saturated rings. The molecule has 1 aliphatic rings. The Hall–Kier alpha value is -1.36. The van der Waals surface area contributed by atoms with Crippen molar-refractivity contribution in [3.63, 3.8) is 0 Å². The first-order valence-corrected chi connectivity index (χ1v) is 7.28. The SMILES string of the molecule is CNCCCNc1cc(N2CCCCC2)nc(C)n1. The van der Waals surface area contributed by atoms with Crippen LogP contribution in [0, 0.1) is 6.92 Å². The lowest BCUT2D eigenvalue weighted by atomic mass is 10.1. The van der Waals surface area contributed by atoms with Crippen molar-refractivity contribution in [1.29, 1.82) is 0 Å². The highest BCUT2D eigenvalue weighted by molar-refractivity contribution is 5.49. The molecular weight excluding hydrogens is 238 g/mol. The molecule has 1 aliphatic heterocycles. The van der Waals surface area contributed by atoms with Gasteiger partial charge in [0.15, 0.2) is 0 Å². The van der Waals surface area contributed by atoms with E-state index in [-0.39, 0.29) is 0 Å². The Kier molecular flexibility index (Phi) is 5.39. The van der Waals surface area contributed by atoms with Gasteiger partial charge in [0.25, 0.3) is 0 Å². The van der Waals surface area contributed by atoms with Crippen molar-refractivity contribution in [3.05, 3.63) is 11.9 Å². The molecule has 2 heterocycles. The number of aryl methyl sites for hydroxylation is 1. The lowest BCUT2D eigenvalue weighted by Gasteiger charge is -2.28. The monoisotopic (exact) mass is 263 g/mol. The zero-order valence-electron chi connectivity index (χ0n) is 12.1. The summed E-state index contributed by atoms with van der Waals surface area (Å²) in [5.74, 6) is 2.87. The van der Waals surface area contributed by atoms with Crippen LogP contribution in [0.3, 0.4) is 0 Å². The van der Waals surface area contributed by atoms with E-state index in [1.165, 1.54) is 19.3 Å². The summed E-state index contributed by atoms with van der Waals surface area (Å²) >= 11 is 0. The molecular formula is C14H25N5. The quantitative estimate of drug-likeness (QED) is 0.767. The highest BCUT2D eigenvalue weighted by atomic mass is 15.2. The van der Waals surface area contributed by atoms with E-state index in [9.17, 15) is 0 Å². The van der Waals surface area contributed by atoms with Crippen LogP contribution in [0.4, 0.5) is 11.6 Å². The summed E-state index contributed by atoms with van der Waals surface area (Å²) in [6.45, 7) is 6.17. The van der Waals surface area contributed by atoms with Crippen LogP contribution in [0.1, 0.15) is 31.5 Å². The minimum Gasteiger partial charge on any atom is -0.370 e. The molecule has 0 bridgehead atoms. The molecule has 2 N–H and O–H groups in total. The summed E-state index contributed by atoms with van der Waals surface area (Å²) in [5, 5.41) is 6.53. The lowest BCUT2D eigenvalue weighted by molar-refractivity contribution is 0.572. The zero-order chi connectivity index (χ0) is 13.5. The van der Waals surface area contributed by atoms with E-state index in [1.54, 1.807) is 0 Å². The van der Waals surface area contributed by atoms with E-state index in [0.29, 0.717) is 0 Å². The number of aromatic nitrogens is 2. The molecule has 2 rings (SSSR count). The summed E-state index contributed by atoms with van der Waals surface area (Å²) in [7, 11) is 1.98. The van der Waals surface area contributed by atoms with Crippen molar-refractivity contribution in [3.8, 4) is 0 Å². The number of piperidine rings is 1. The van der Waals surface area contributed by atoms with Crippen LogP contribution >= 0.6 is 0 Å². The first-order valence-electron chi connectivity index (χ1n) is 7.28. The largest absolute Gasteiger partial charge is 0.370 e. The van der Waals surface area contributed by atoms with Crippen LogP contribution in [0.25, 0.3) is 0 Å². The number of anilines is 2. The second kappa shape index (κ2) is 7.28. The van der Waals surface area contributed by atoms with Gasteiger partial charge in [-0.1, -0.05) is 0 Å². The molecule has 0 aromatic carbocycles. The number of rotatable bonds is 6. The number of nitrogens with one attached hydrogen (secondary N) is 2. The highest BCUT2D eigenvalue weighted by Gasteiger charge is 2.13. The van der Waals surface area contributed by atoms with Gasteiger partial charge in [-0.2, -0.15) is 0 Å². The summed E-state index contributed by atoms with van der Waals surface area (Å²) in [5.41, 5.74) is 0. The molecule has 1 aromatic heterocycles. The van der Waals surface area contributed by atoms with E-state index in [4.69, 9.17) is 0 Å². The average molecular weight is 263 g/mol. The predicted octanol–water partition coefficient (Wildman–Crippen LogP) is 1.80. The third kappa shape index (κ3) is 4.35. The first-order chi connectivity index (χ1) is 9.29. The van der Waals surface area contributed by atoms with Crippen molar-refractivity contribution in [2.45, 2.75) is 32.6 Å². The molecule has 1 saturated heterocycles. The summed E-state index contributed by atoms with van der Waals surface area (Å²) in [6, 6.07) is 2.08. The molecule has 0 unspecified atom stereocenters. The van der Waals surface area contributed by atoms with Crippen LogP contribution in [0.2, 0.25) is 0 Å². The van der Waals surface area contributed by atoms with Gasteiger partial charge in [-0.05, 0) is 46.2 Å². The van der Waals surface area contributed by atoms with Gasteiger partial charge in [-0.25, -0.2) is 9.97 Å². The fourth-order valence-electron chi connectivity index (χ4n) is 2.41. The van der Waals surface area contributed by atoms with Gasteiger partial charge in [0.2, 0.25) is 0 Å². The number of hydrogen-bond donors (Lipinski definition) is 2. The molecule has 0 amide bonds. The van der Waals surface area contributed by atoms with Gasteiger partial charge in [0, 0.05) is 25.7 Å². The lowest BCUT2D eigenvalue weighted by Crippen LogP contribution is -2.30. The third-order valence-electron chi connectivity index (χ3n) is 3.41. The molecule has 0 saturated carbocycles. The third-order valence-corrected chi connectivity index (χ3v) is 3.41. The minimum atomic E-state index is 0.846. The van der Waals surface area contributed by atoms with Crippen molar-refractivity contribution >= 4 is 11.6 Å². The first kappa shape index (κ1) is 14.1. The van der Waals surface area contributed by atoms with Crippen LogP contribution < -0.4 is 15.5 Å². The number of nitrogens with zero attached hydrogens (tertiary/aromatic N) is 3. The van der Waals surface area contributed by atoms with Crippen molar-refractivity contribution in [1.82, 2.24) is 15.3 Å². The summed E-state index contributed by atoms with van der Waals surface area (Å²) < 4.78 is 0.